The predicted octanol–water partition coefficient (Wildman–Crippen LogP) is 19.6. The van der Waals surface area contributed by atoms with Crippen LogP contribution in [-0.2, 0) is 5.41 Å². The first-order chi connectivity index (χ1) is 37.2. The third kappa shape index (κ3) is 7.49. The van der Waals surface area contributed by atoms with Crippen molar-refractivity contribution in [1.29, 1.82) is 0 Å². The van der Waals surface area contributed by atoms with Gasteiger partial charge in [-0.15, -0.1) is 0 Å². The van der Waals surface area contributed by atoms with Crippen molar-refractivity contribution in [2.75, 3.05) is 9.80 Å². The summed E-state index contributed by atoms with van der Waals surface area (Å²) in [5, 5.41) is 0. The van der Waals surface area contributed by atoms with Gasteiger partial charge in [-0.25, -0.2) is 0 Å². The molecule has 0 heterocycles. The Labute approximate surface area is 439 Å². The van der Waals surface area contributed by atoms with Crippen LogP contribution in [0.2, 0.25) is 0 Å². The van der Waals surface area contributed by atoms with Gasteiger partial charge < -0.3 is 9.80 Å². The number of fused-ring (bicyclic) bond motifs is 10. The van der Waals surface area contributed by atoms with E-state index in [2.05, 4.69) is 313 Å². The lowest BCUT2D eigenvalue weighted by Crippen LogP contribution is -2.26. The molecule has 0 amide bonds. The molecule has 0 atom stereocenters. The second-order valence-corrected chi connectivity index (χ2v) is 19.6. The maximum Gasteiger partial charge on any atom is 0.0725 e. The zero-order valence-corrected chi connectivity index (χ0v) is 41.3. The average Bonchev–Trinajstić information content (AvgIpc) is 4.09. The lowest BCUT2D eigenvalue weighted by Gasteiger charge is -2.31. The highest BCUT2D eigenvalue weighted by atomic mass is 15.1. The molecule has 0 saturated heterocycles. The highest BCUT2D eigenvalue weighted by molar-refractivity contribution is 5.98. The SMILES string of the molecule is c1ccc(-c2ccc(N(c3ccc(-c4ccccc4)cc3)c3ccc4c(c3)-c3cc(N(c5ccc(-c6ccccc6)cc5)c5ccc(-c6ccccc6)cc5)ccc3C43c4ccccc4-c4ccccc43)cc2)cc1. The summed E-state index contributed by atoms with van der Waals surface area (Å²) in [7, 11) is 0. The minimum absolute atomic E-state index is 0.520. The molecule has 0 aliphatic heterocycles. The Morgan fingerprint density at radius 3 is 0.693 bits per heavy atom. The van der Waals surface area contributed by atoms with Crippen LogP contribution in [0, 0.1) is 0 Å². The molecule has 0 saturated carbocycles. The van der Waals surface area contributed by atoms with Crippen molar-refractivity contribution in [3.8, 4) is 66.8 Å². The van der Waals surface area contributed by atoms with Crippen molar-refractivity contribution in [2.45, 2.75) is 5.41 Å². The van der Waals surface area contributed by atoms with E-state index in [0.717, 1.165) is 34.1 Å². The molecule has 2 aliphatic carbocycles. The van der Waals surface area contributed by atoms with Gasteiger partial charge in [0, 0.05) is 34.1 Å². The van der Waals surface area contributed by atoms with E-state index < -0.39 is 5.41 Å². The van der Waals surface area contributed by atoms with Gasteiger partial charge in [-0.1, -0.05) is 231 Å². The number of hydrogen-bond donors (Lipinski definition) is 0. The first-order valence-corrected chi connectivity index (χ1v) is 25.9. The van der Waals surface area contributed by atoms with Crippen LogP contribution in [0.3, 0.4) is 0 Å². The summed E-state index contributed by atoms with van der Waals surface area (Å²) in [6, 6.07) is 111. The van der Waals surface area contributed by atoms with Crippen LogP contribution in [-0.4, -0.2) is 0 Å². The molecule has 0 fully saturated rings. The Kier molecular flexibility index (Phi) is 10.8. The van der Waals surface area contributed by atoms with Gasteiger partial charge in [-0.2, -0.15) is 0 Å². The molecule has 75 heavy (non-hydrogen) atoms. The van der Waals surface area contributed by atoms with Gasteiger partial charge >= 0.3 is 0 Å². The molecular formula is C73H50N2. The van der Waals surface area contributed by atoms with Gasteiger partial charge in [0.25, 0.3) is 0 Å². The van der Waals surface area contributed by atoms with Gasteiger partial charge in [0.1, 0.15) is 0 Å². The van der Waals surface area contributed by atoms with Crippen LogP contribution in [0.25, 0.3) is 66.8 Å². The fourth-order valence-corrected chi connectivity index (χ4v) is 12.0. The molecule has 0 bridgehead atoms. The van der Waals surface area contributed by atoms with Crippen molar-refractivity contribution in [3.63, 3.8) is 0 Å². The van der Waals surface area contributed by atoms with E-state index in [9.17, 15) is 0 Å². The first kappa shape index (κ1) is 44.0. The Morgan fingerprint density at radius 2 is 0.400 bits per heavy atom. The third-order valence-corrected chi connectivity index (χ3v) is 15.5. The van der Waals surface area contributed by atoms with Crippen molar-refractivity contribution in [3.05, 3.63) is 326 Å². The van der Waals surface area contributed by atoms with Crippen LogP contribution >= 0.6 is 0 Å². The van der Waals surface area contributed by atoms with E-state index in [0.29, 0.717) is 0 Å². The minimum atomic E-state index is -0.520. The van der Waals surface area contributed by atoms with Gasteiger partial charge in [-0.3, -0.25) is 0 Å². The van der Waals surface area contributed by atoms with E-state index in [-0.39, 0.29) is 0 Å². The maximum absolute atomic E-state index is 2.46. The molecule has 1 spiro atoms. The molecule has 0 unspecified atom stereocenters. The molecular weight excluding hydrogens is 905 g/mol. The molecule has 14 rings (SSSR count). The topological polar surface area (TPSA) is 6.48 Å². The lowest BCUT2D eigenvalue weighted by molar-refractivity contribution is 0.793. The molecule has 0 radical (unpaired) electrons. The largest absolute Gasteiger partial charge is 0.310 e. The summed E-state index contributed by atoms with van der Waals surface area (Å²) in [4.78, 5) is 4.84. The zero-order valence-electron chi connectivity index (χ0n) is 41.3. The summed E-state index contributed by atoms with van der Waals surface area (Å²) >= 11 is 0. The lowest BCUT2D eigenvalue weighted by atomic mass is 9.70. The number of nitrogens with zero attached hydrogens (tertiary/aromatic N) is 2. The predicted molar refractivity (Wildman–Crippen MR) is 314 cm³/mol. The summed E-state index contributed by atoms with van der Waals surface area (Å²) in [5.74, 6) is 0. The zero-order chi connectivity index (χ0) is 49.7. The number of benzene rings is 12. The molecule has 2 nitrogen and oxygen atoms in total. The summed E-state index contributed by atoms with van der Waals surface area (Å²) in [5.41, 5.74) is 25.8. The third-order valence-electron chi connectivity index (χ3n) is 15.5. The fraction of sp³-hybridized carbons (Fsp3) is 0.0137. The quantitative estimate of drug-likeness (QED) is 0.135. The molecule has 12 aromatic rings. The van der Waals surface area contributed by atoms with E-state index in [1.54, 1.807) is 0 Å². The van der Waals surface area contributed by atoms with Crippen molar-refractivity contribution >= 4 is 34.1 Å². The Hall–Kier alpha value is -9.76. The second-order valence-electron chi connectivity index (χ2n) is 19.6. The van der Waals surface area contributed by atoms with Gasteiger partial charge in [0.2, 0.25) is 0 Å². The van der Waals surface area contributed by atoms with Crippen molar-refractivity contribution in [2.24, 2.45) is 0 Å². The molecule has 2 aliphatic rings. The minimum Gasteiger partial charge on any atom is -0.310 e. The summed E-state index contributed by atoms with van der Waals surface area (Å²) in [6.45, 7) is 0. The fourth-order valence-electron chi connectivity index (χ4n) is 12.0. The van der Waals surface area contributed by atoms with E-state index in [1.807, 2.05) is 0 Å². The molecule has 12 aromatic carbocycles. The van der Waals surface area contributed by atoms with Crippen LogP contribution in [0.5, 0.6) is 0 Å². The van der Waals surface area contributed by atoms with E-state index >= 15 is 0 Å². The smallest absolute Gasteiger partial charge is 0.0725 e. The van der Waals surface area contributed by atoms with Gasteiger partial charge in [-0.05, 0) is 162 Å². The number of rotatable bonds is 10. The highest BCUT2D eigenvalue weighted by Gasteiger charge is 2.52. The Balaban J connectivity index is 0.970. The van der Waals surface area contributed by atoms with Crippen molar-refractivity contribution < 1.29 is 0 Å². The molecule has 0 N–H and O–H groups in total. The van der Waals surface area contributed by atoms with Crippen LogP contribution in [0.15, 0.2) is 303 Å². The Morgan fingerprint density at radius 1 is 0.173 bits per heavy atom. The standard InChI is InChI=1S/C73H50N2/c1-5-17-51(18-6-1)55-29-37-59(38-30-55)74(60-39-31-56(32-40-60)52-19-7-2-8-20-52)63-45-47-71-67(49-63)68-50-64(46-48-72(68)73(71)69-27-15-13-25-65(69)66-26-14-16-28-70(66)73)75(61-41-33-57(34-42-61)53-21-9-3-10-22-53)62-43-35-58(36-44-62)54-23-11-4-12-24-54/h1-50H. The average molecular weight is 955 g/mol. The monoisotopic (exact) mass is 954 g/mol. The molecule has 352 valence electrons. The normalized spacial score (nSPS) is 12.4. The first-order valence-electron chi connectivity index (χ1n) is 25.9. The van der Waals surface area contributed by atoms with Crippen molar-refractivity contribution in [1.82, 2.24) is 0 Å². The van der Waals surface area contributed by atoms with Crippen LogP contribution in [0.4, 0.5) is 34.1 Å². The Bertz CT molecular complexity index is 3570. The second kappa shape index (κ2) is 18.4. The molecule has 2 heteroatoms. The van der Waals surface area contributed by atoms with E-state index in [4.69, 9.17) is 0 Å². The summed E-state index contributed by atoms with van der Waals surface area (Å²) < 4.78 is 0. The van der Waals surface area contributed by atoms with Gasteiger partial charge in [0.15, 0.2) is 0 Å². The number of hydrogen-bond acceptors (Lipinski definition) is 2. The number of anilines is 6. The molecule has 0 aromatic heterocycles. The summed E-state index contributed by atoms with van der Waals surface area (Å²) in [6.07, 6.45) is 0. The highest BCUT2D eigenvalue weighted by Crippen LogP contribution is 2.64. The van der Waals surface area contributed by atoms with Crippen LogP contribution in [0.1, 0.15) is 22.3 Å². The van der Waals surface area contributed by atoms with E-state index in [1.165, 1.54) is 89.0 Å². The van der Waals surface area contributed by atoms with Crippen LogP contribution < -0.4 is 9.80 Å². The van der Waals surface area contributed by atoms with Gasteiger partial charge in [0.05, 0.1) is 5.41 Å². The maximum atomic E-state index is 2.46.